The summed E-state index contributed by atoms with van der Waals surface area (Å²) in [5.74, 6) is 0. The van der Waals surface area contributed by atoms with E-state index in [9.17, 15) is 5.11 Å². The molecule has 0 unspecified atom stereocenters. The Labute approximate surface area is 112 Å². The van der Waals surface area contributed by atoms with E-state index in [1.54, 1.807) is 0 Å². The van der Waals surface area contributed by atoms with Crippen molar-refractivity contribution in [2.75, 3.05) is 0 Å². The molecule has 2 nitrogen and oxygen atoms in total. The second-order valence-corrected chi connectivity index (χ2v) is 7.15. The summed E-state index contributed by atoms with van der Waals surface area (Å²) in [6.45, 7) is 0. The lowest BCUT2D eigenvalue weighted by atomic mass is 9.71. The summed E-state index contributed by atoms with van der Waals surface area (Å²) in [4.78, 5) is 0. The van der Waals surface area contributed by atoms with Crippen LogP contribution in [0.2, 0.25) is 0 Å². The second-order valence-electron chi connectivity index (χ2n) is 7.15. The summed E-state index contributed by atoms with van der Waals surface area (Å²) >= 11 is 0. The van der Waals surface area contributed by atoms with E-state index in [1.165, 1.54) is 64.2 Å². The second kappa shape index (κ2) is 5.50. The Kier molecular flexibility index (Phi) is 3.95. The van der Waals surface area contributed by atoms with Crippen molar-refractivity contribution < 1.29 is 5.11 Å². The Morgan fingerprint density at radius 1 is 0.722 bits per heavy atom. The molecule has 0 amide bonds. The van der Waals surface area contributed by atoms with Gasteiger partial charge in [0.15, 0.2) is 0 Å². The minimum atomic E-state index is -0.0174. The molecule has 1 spiro atoms. The van der Waals surface area contributed by atoms with Gasteiger partial charge in [0, 0.05) is 12.1 Å². The van der Waals surface area contributed by atoms with Crippen LogP contribution in [0.1, 0.15) is 77.0 Å². The molecule has 0 aliphatic heterocycles. The highest BCUT2D eigenvalue weighted by atomic mass is 16.3. The molecule has 2 N–H and O–H groups in total. The van der Waals surface area contributed by atoms with Crippen molar-refractivity contribution in [1.82, 2.24) is 5.32 Å². The lowest BCUT2D eigenvalue weighted by Gasteiger charge is -2.39. The molecule has 0 atom stereocenters. The molecule has 0 bridgehead atoms. The number of nitrogens with one attached hydrogen (secondary N) is 1. The van der Waals surface area contributed by atoms with E-state index >= 15 is 0 Å². The Morgan fingerprint density at radius 3 is 1.89 bits per heavy atom. The average molecular weight is 251 g/mol. The minimum Gasteiger partial charge on any atom is -0.393 e. The first-order valence-electron chi connectivity index (χ1n) is 8.20. The fraction of sp³-hybridized carbons (Fsp3) is 1.00. The number of hydrogen-bond donors (Lipinski definition) is 2. The maximum atomic E-state index is 9.54. The van der Waals surface area contributed by atoms with Gasteiger partial charge in [0.1, 0.15) is 0 Å². The van der Waals surface area contributed by atoms with Gasteiger partial charge >= 0.3 is 0 Å². The molecule has 3 saturated carbocycles. The highest BCUT2D eigenvalue weighted by Gasteiger charge is 2.37. The molecule has 0 radical (unpaired) electrons. The monoisotopic (exact) mass is 251 g/mol. The summed E-state index contributed by atoms with van der Waals surface area (Å²) in [7, 11) is 0. The van der Waals surface area contributed by atoms with Crippen LogP contribution in [0.25, 0.3) is 0 Å². The number of rotatable bonds is 2. The summed E-state index contributed by atoms with van der Waals surface area (Å²) in [6.07, 6.45) is 16.1. The van der Waals surface area contributed by atoms with Gasteiger partial charge in [0.05, 0.1) is 6.10 Å². The largest absolute Gasteiger partial charge is 0.393 e. The van der Waals surface area contributed by atoms with E-state index in [0.29, 0.717) is 6.04 Å². The molecular weight excluding hydrogens is 222 g/mol. The lowest BCUT2D eigenvalue weighted by molar-refractivity contribution is 0.105. The third kappa shape index (κ3) is 2.91. The predicted molar refractivity (Wildman–Crippen MR) is 74.6 cm³/mol. The van der Waals surface area contributed by atoms with Gasteiger partial charge in [-0.05, 0) is 69.6 Å². The Morgan fingerprint density at radius 2 is 1.28 bits per heavy atom. The van der Waals surface area contributed by atoms with E-state index in [1.807, 2.05) is 0 Å². The van der Waals surface area contributed by atoms with Crippen molar-refractivity contribution in [3.05, 3.63) is 0 Å². The van der Waals surface area contributed by atoms with Gasteiger partial charge in [-0.2, -0.15) is 0 Å². The van der Waals surface area contributed by atoms with Crippen LogP contribution in [-0.2, 0) is 0 Å². The smallest absolute Gasteiger partial charge is 0.0541 e. The van der Waals surface area contributed by atoms with Crippen molar-refractivity contribution >= 4 is 0 Å². The normalized spacial score (nSPS) is 37.2. The Bertz CT molecular complexity index is 254. The summed E-state index contributed by atoms with van der Waals surface area (Å²) < 4.78 is 0. The van der Waals surface area contributed by atoms with Crippen LogP contribution < -0.4 is 5.32 Å². The van der Waals surface area contributed by atoms with Crippen LogP contribution in [0.3, 0.4) is 0 Å². The van der Waals surface area contributed by atoms with Gasteiger partial charge in [-0.3, -0.25) is 0 Å². The zero-order valence-electron chi connectivity index (χ0n) is 11.7. The van der Waals surface area contributed by atoms with Crippen LogP contribution in [0.4, 0.5) is 0 Å². The average Bonchev–Trinajstić information content (AvgIpc) is 2.84. The fourth-order valence-corrected chi connectivity index (χ4v) is 4.60. The predicted octanol–water partition coefficient (Wildman–Crippen LogP) is 3.38. The molecule has 104 valence electrons. The van der Waals surface area contributed by atoms with Crippen molar-refractivity contribution in [2.24, 2.45) is 5.41 Å². The Balaban J connectivity index is 1.42. The SMILES string of the molecule is OC1CCC(NC2CCC3(CCCC3)CC2)CC1. The van der Waals surface area contributed by atoms with E-state index in [-0.39, 0.29) is 6.10 Å². The molecule has 18 heavy (non-hydrogen) atoms. The highest BCUT2D eigenvalue weighted by molar-refractivity contribution is 4.92. The first kappa shape index (κ1) is 12.9. The van der Waals surface area contributed by atoms with Crippen LogP contribution in [0.15, 0.2) is 0 Å². The number of aliphatic hydroxyl groups excluding tert-OH is 1. The molecule has 3 fully saturated rings. The number of aliphatic hydroxyl groups is 1. The summed E-state index contributed by atoms with van der Waals surface area (Å²) in [6, 6.07) is 1.47. The van der Waals surface area contributed by atoms with Crippen LogP contribution >= 0.6 is 0 Å². The first-order valence-corrected chi connectivity index (χ1v) is 8.20. The van der Waals surface area contributed by atoms with Crippen molar-refractivity contribution in [3.63, 3.8) is 0 Å². The third-order valence-electron chi connectivity index (χ3n) is 5.88. The van der Waals surface area contributed by atoms with Gasteiger partial charge in [0.2, 0.25) is 0 Å². The van der Waals surface area contributed by atoms with E-state index in [2.05, 4.69) is 5.32 Å². The van der Waals surface area contributed by atoms with Crippen molar-refractivity contribution in [2.45, 2.75) is 95.2 Å². The standard InChI is InChI=1S/C16H29NO/c18-15-5-3-13(4-6-15)17-14-7-11-16(12-8-14)9-1-2-10-16/h13-15,17-18H,1-12H2. The molecule has 2 heteroatoms. The zero-order chi connectivity index (χ0) is 12.4. The van der Waals surface area contributed by atoms with Gasteiger partial charge in [-0.25, -0.2) is 0 Å². The zero-order valence-corrected chi connectivity index (χ0v) is 11.7. The molecule has 0 saturated heterocycles. The molecule has 0 heterocycles. The van der Waals surface area contributed by atoms with E-state index < -0.39 is 0 Å². The maximum Gasteiger partial charge on any atom is 0.0541 e. The Hall–Kier alpha value is -0.0800. The summed E-state index contributed by atoms with van der Waals surface area (Å²) in [5.41, 5.74) is 0.765. The van der Waals surface area contributed by atoms with Gasteiger partial charge in [0.25, 0.3) is 0 Å². The van der Waals surface area contributed by atoms with Crippen molar-refractivity contribution in [1.29, 1.82) is 0 Å². The molecule has 0 aromatic rings. The lowest BCUT2D eigenvalue weighted by Crippen LogP contribution is -2.44. The van der Waals surface area contributed by atoms with Crippen LogP contribution in [-0.4, -0.2) is 23.3 Å². The van der Waals surface area contributed by atoms with E-state index in [0.717, 1.165) is 24.3 Å². The molecule has 3 rings (SSSR count). The van der Waals surface area contributed by atoms with Gasteiger partial charge in [-0.1, -0.05) is 12.8 Å². The highest BCUT2D eigenvalue weighted by Crippen LogP contribution is 2.48. The van der Waals surface area contributed by atoms with Crippen LogP contribution in [0.5, 0.6) is 0 Å². The van der Waals surface area contributed by atoms with Gasteiger partial charge in [-0.15, -0.1) is 0 Å². The fourth-order valence-electron chi connectivity index (χ4n) is 4.60. The molecular formula is C16H29NO. The molecule has 0 aromatic heterocycles. The third-order valence-corrected chi connectivity index (χ3v) is 5.88. The topological polar surface area (TPSA) is 32.3 Å². The van der Waals surface area contributed by atoms with E-state index in [4.69, 9.17) is 0 Å². The minimum absolute atomic E-state index is 0.0174. The maximum absolute atomic E-state index is 9.54. The number of hydrogen-bond acceptors (Lipinski definition) is 2. The molecule has 3 aliphatic carbocycles. The molecule has 0 aromatic carbocycles. The van der Waals surface area contributed by atoms with Crippen LogP contribution in [0, 0.1) is 5.41 Å². The summed E-state index contributed by atoms with van der Waals surface area (Å²) in [5, 5.41) is 13.4. The van der Waals surface area contributed by atoms with Gasteiger partial charge < -0.3 is 10.4 Å². The van der Waals surface area contributed by atoms with Crippen molar-refractivity contribution in [3.8, 4) is 0 Å². The molecule has 3 aliphatic rings. The quantitative estimate of drug-likeness (QED) is 0.788. The first-order chi connectivity index (χ1) is 8.76.